The highest BCUT2D eigenvalue weighted by molar-refractivity contribution is 6.24. The molecule has 0 aromatic carbocycles. The van der Waals surface area contributed by atoms with Crippen LogP contribution in [0.1, 0.15) is 67.2 Å². The van der Waals surface area contributed by atoms with Crippen LogP contribution >= 0.6 is 0 Å². The van der Waals surface area contributed by atoms with Crippen molar-refractivity contribution in [3.63, 3.8) is 0 Å². The van der Waals surface area contributed by atoms with Crippen LogP contribution in [0.2, 0.25) is 0 Å². The molecule has 21 heavy (non-hydrogen) atoms. The molecule has 1 aliphatic carbocycles. The van der Waals surface area contributed by atoms with Crippen LogP contribution in [0.25, 0.3) is 0 Å². The summed E-state index contributed by atoms with van der Waals surface area (Å²) in [7, 11) is 0. The molecule has 0 heterocycles. The Hall–Kier alpha value is -1.44. The lowest BCUT2D eigenvalue weighted by molar-refractivity contribution is -0.116. The third-order valence-corrected chi connectivity index (χ3v) is 4.41. The van der Waals surface area contributed by atoms with Gasteiger partial charge in [0.25, 0.3) is 0 Å². The molecule has 0 spiro atoms. The molecular weight excluding hydrogens is 260 g/mol. The summed E-state index contributed by atoms with van der Waals surface area (Å²) in [5.41, 5.74) is 3.97. The molecule has 0 aromatic rings. The van der Waals surface area contributed by atoms with Gasteiger partial charge in [0.2, 0.25) is 0 Å². The lowest BCUT2D eigenvalue weighted by atomic mass is 9.82. The summed E-state index contributed by atoms with van der Waals surface area (Å²) in [5, 5.41) is 0. The summed E-state index contributed by atoms with van der Waals surface area (Å²) in [6, 6.07) is 0. The second-order valence-corrected chi connectivity index (χ2v) is 6.51. The predicted octanol–water partition coefficient (Wildman–Crippen LogP) is 4.95. The van der Waals surface area contributed by atoms with Crippen molar-refractivity contribution in [1.82, 2.24) is 0 Å². The van der Waals surface area contributed by atoms with E-state index in [4.69, 9.17) is 0 Å². The van der Waals surface area contributed by atoms with Gasteiger partial charge in [0.05, 0.1) is 0 Å². The van der Waals surface area contributed by atoms with Crippen molar-refractivity contribution >= 4 is 11.6 Å². The van der Waals surface area contributed by atoms with E-state index >= 15 is 0 Å². The van der Waals surface area contributed by atoms with E-state index in [0.717, 1.165) is 31.3 Å². The molecule has 0 N–H and O–H groups in total. The van der Waals surface area contributed by atoms with E-state index in [1.165, 1.54) is 5.57 Å². The topological polar surface area (TPSA) is 34.1 Å². The van der Waals surface area contributed by atoms with Crippen molar-refractivity contribution in [3.05, 3.63) is 33.9 Å². The summed E-state index contributed by atoms with van der Waals surface area (Å²) in [6.07, 6.45) is 6.16. The Morgan fingerprint density at radius 3 is 2.10 bits per heavy atom. The van der Waals surface area contributed by atoms with Gasteiger partial charge in [0.15, 0.2) is 11.6 Å². The Kier molecular flexibility index (Phi) is 6.32. The molecule has 0 saturated heterocycles. The van der Waals surface area contributed by atoms with E-state index in [0.29, 0.717) is 22.6 Å². The van der Waals surface area contributed by atoms with Gasteiger partial charge in [-0.1, -0.05) is 18.6 Å². The maximum Gasteiger partial charge on any atom is 0.185 e. The summed E-state index contributed by atoms with van der Waals surface area (Å²) in [6.45, 7) is 11.8. The highest BCUT2D eigenvalue weighted by atomic mass is 16.1. The van der Waals surface area contributed by atoms with Crippen molar-refractivity contribution in [2.45, 2.75) is 67.2 Å². The number of carbonyl (C=O) groups excluding carboxylic acids is 2. The van der Waals surface area contributed by atoms with Gasteiger partial charge in [-0.2, -0.15) is 0 Å². The van der Waals surface area contributed by atoms with Crippen LogP contribution < -0.4 is 0 Å². The fourth-order valence-electron chi connectivity index (χ4n) is 2.65. The van der Waals surface area contributed by atoms with Crippen LogP contribution in [0.15, 0.2) is 33.9 Å². The van der Waals surface area contributed by atoms with E-state index < -0.39 is 0 Å². The normalized spacial score (nSPS) is 17.4. The van der Waals surface area contributed by atoms with Crippen LogP contribution in [0, 0.1) is 5.92 Å². The van der Waals surface area contributed by atoms with Gasteiger partial charge in [-0.05, 0) is 66.2 Å². The number of hydrogen-bond acceptors (Lipinski definition) is 2. The SMILES string of the molecule is CC(C)=CCCC(C)CCC1=C(C)C(=O)C(C)=C(C)C1=O. The average molecular weight is 288 g/mol. The van der Waals surface area contributed by atoms with Crippen LogP contribution in [0.5, 0.6) is 0 Å². The zero-order valence-corrected chi connectivity index (χ0v) is 14.3. The molecular formula is C19H28O2. The number of ketones is 2. The predicted molar refractivity (Wildman–Crippen MR) is 88.2 cm³/mol. The first-order valence-corrected chi connectivity index (χ1v) is 7.85. The quantitative estimate of drug-likeness (QED) is 0.511. The first kappa shape index (κ1) is 17.6. The molecule has 0 amide bonds. The lowest BCUT2D eigenvalue weighted by Gasteiger charge is -2.19. The molecule has 0 bridgehead atoms. The summed E-state index contributed by atoms with van der Waals surface area (Å²) < 4.78 is 0. The standard InChI is InChI=1S/C19H28O2/c1-12(2)8-7-9-13(3)10-11-17-16(6)18(20)14(4)15(5)19(17)21/h8,13H,7,9-11H2,1-6H3. The lowest BCUT2D eigenvalue weighted by Crippen LogP contribution is -2.21. The second kappa shape index (κ2) is 7.53. The highest BCUT2D eigenvalue weighted by Crippen LogP contribution is 2.28. The molecule has 0 radical (unpaired) electrons. The van der Waals surface area contributed by atoms with Gasteiger partial charge in [-0.3, -0.25) is 9.59 Å². The van der Waals surface area contributed by atoms with Crippen LogP contribution in [-0.4, -0.2) is 11.6 Å². The van der Waals surface area contributed by atoms with Crippen molar-refractivity contribution < 1.29 is 9.59 Å². The molecule has 0 aliphatic heterocycles. The molecule has 1 aliphatic rings. The molecule has 0 saturated carbocycles. The monoisotopic (exact) mass is 288 g/mol. The maximum absolute atomic E-state index is 12.3. The molecule has 0 fully saturated rings. The number of rotatable bonds is 6. The van der Waals surface area contributed by atoms with Crippen molar-refractivity contribution in [1.29, 1.82) is 0 Å². The van der Waals surface area contributed by atoms with Crippen molar-refractivity contribution in [2.75, 3.05) is 0 Å². The minimum Gasteiger partial charge on any atom is -0.289 e. The summed E-state index contributed by atoms with van der Waals surface area (Å²) in [4.78, 5) is 24.4. The van der Waals surface area contributed by atoms with Crippen LogP contribution in [0.3, 0.4) is 0 Å². The number of allylic oxidation sites excluding steroid dienone is 6. The fraction of sp³-hybridized carbons (Fsp3) is 0.579. The zero-order valence-electron chi connectivity index (χ0n) is 14.3. The van der Waals surface area contributed by atoms with Gasteiger partial charge in [0, 0.05) is 22.3 Å². The first-order chi connectivity index (χ1) is 9.75. The minimum absolute atomic E-state index is 0.0410. The fourth-order valence-corrected chi connectivity index (χ4v) is 2.65. The zero-order chi connectivity index (χ0) is 16.2. The summed E-state index contributed by atoms with van der Waals surface area (Å²) >= 11 is 0. The Morgan fingerprint density at radius 2 is 1.52 bits per heavy atom. The second-order valence-electron chi connectivity index (χ2n) is 6.51. The van der Waals surface area contributed by atoms with Gasteiger partial charge in [-0.25, -0.2) is 0 Å². The van der Waals surface area contributed by atoms with E-state index in [9.17, 15) is 9.59 Å². The minimum atomic E-state index is 0.0410. The van der Waals surface area contributed by atoms with Crippen molar-refractivity contribution in [3.8, 4) is 0 Å². The molecule has 1 atom stereocenters. The van der Waals surface area contributed by atoms with Crippen LogP contribution in [-0.2, 0) is 9.59 Å². The smallest absolute Gasteiger partial charge is 0.185 e. The Balaban J connectivity index is 2.65. The number of Topliss-reactive ketones (excluding diaryl/α,β-unsaturated/α-hetero) is 2. The van der Waals surface area contributed by atoms with Crippen LogP contribution in [0.4, 0.5) is 0 Å². The number of carbonyl (C=O) groups is 2. The van der Waals surface area contributed by atoms with E-state index in [1.807, 2.05) is 0 Å². The summed E-state index contributed by atoms with van der Waals surface area (Å²) in [5.74, 6) is 0.677. The van der Waals surface area contributed by atoms with E-state index in [2.05, 4.69) is 26.8 Å². The Bertz CT molecular complexity index is 526. The molecule has 1 unspecified atom stereocenters. The van der Waals surface area contributed by atoms with E-state index in [1.54, 1.807) is 20.8 Å². The third-order valence-electron chi connectivity index (χ3n) is 4.41. The molecule has 2 nitrogen and oxygen atoms in total. The Labute approximate surface area is 129 Å². The van der Waals surface area contributed by atoms with Crippen molar-refractivity contribution in [2.24, 2.45) is 5.92 Å². The largest absolute Gasteiger partial charge is 0.289 e. The highest BCUT2D eigenvalue weighted by Gasteiger charge is 2.27. The van der Waals surface area contributed by atoms with Gasteiger partial charge >= 0.3 is 0 Å². The number of hydrogen-bond donors (Lipinski definition) is 0. The van der Waals surface area contributed by atoms with E-state index in [-0.39, 0.29) is 11.6 Å². The Morgan fingerprint density at radius 1 is 0.952 bits per heavy atom. The molecule has 2 heteroatoms. The third kappa shape index (κ3) is 4.52. The molecule has 0 aromatic heterocycles. The average Bonchev–Trinajstić information content (AvgIpc) is 2.42. The van der Waals surface area contributed by atoms with Gasteiger partial charge in [-0.15, -0.1) is 0 Å². The maximum atomic E-state index is 12.3. The first-order valence-electron chi connectivity index (χ1n) is 7.85. The van der Waals surface area contributed by atoms with Gasteiger partial charge in [0.1, 0.15) is 0 Å². The molecule has 116 valence electrons. The van der Waals surface area contributed by atoms with Gasteiger partial charge < -0.3 is 0 Å². The molecule has 1 rings (SSSR count).